The van der Waals surface area contributed by atoms with Crippen LogP contribution in [0.15, 0.2) is 18.2 Å². The molecule has 2 N–H and O–H groups in total. The van der Waals surface area contributed by atoms with Crippen LogP contribution in [0, 0.1) is 13.8 Å². The maximum atomic E-state index is 12.1. The van der Waals surface area contributed by atoms with Crippen LogP contribution < -0.4 is 10.6 Å². The second kappa shape index (κ2) is 6.05. The number of amides is 1. The molecule has 6 heteroatoms. The van der Waals surface area contributed by atoms with Crippen molar-refractivity contribution in [3.8, 4) is 0 Å². The maximum Gasteiger partial charge on any atom is 0.242 e. The maximum absolute atomic E-state index is 12.1. The van der Waals surface area contributed by atoms with Gasteiger partial charge in [-0.25, -0.2) is 8.42 Å². The summed E-state index contributed by atoms with van der Waals surface area (Å²) < 4.78 is 22.8. The van der Waals surface area contributed by atoms with Crippen molar-refractivity contribution in [3.63, 3.8) is 0 Å². The molecule has 116 valence electrons. The van der Waals surface area contributed by atoms with Crippen LogP contribution in [0.1, 0.15) is 24.5 Å². The fourth-order valence-electron chi connectivity index (χ4n) is 2.44. The highest BCUT2D eigenvalue weighted by Crippen LogP contribution is 2.19. The molecule has 0 aliphatic carbocycles. The zero-order valence-electron chi connectivity index (χ0n) is 12.6. The van der Waals surface area contributed by atoms with Crippen molar-refractivity contribution in [1.82, 2.24) is 5.32 Å². The Balaban J connectivity index is 1.95. The highest BCUT2D eigenvalue weighted by Gasteiger charge is 2.29. The van der Waals surface area contributed by atoms with Crippen LogP contribution in [0.5, 0.6) is 0 Å². The number of hydrogen-bond acceptors (Lipinski definition) is 4. The summed E-state index contributed by atoms with van der Waals surface area (Å²) in [6.07, 6.45) is 0.504. The first-order valence-corrected chi connectivity index (χ1v) is 8.94. The van der Waals surface area contributed by atoms with E-state index in [1.165, 1.54) is 0 Å². The van der Waals surface area contributed by atoms with Crippen molar-refractivity contribution < 1.29 is 13.2 Å². The third kappa shape index (κ3) is 3.97. The Morgan fingerprint density at radius 2 is 2.05 bits per heavy atom. The zero-order valence-corrected chi connectivity index (χ0v) is 13.5. The average Bonchev–Trinajstić information content (AvgIpc) is 2.74. The minimum absolute atomic E-state index is 0.0505. The lowest BCUT2D eigenvalue weighted by atomic mass is 10.1. The Morgan fingerprint density at radius 1 is 1.33 bits per heavy atom. The van der Waals surface area contributed by atoms with Crippen LogP contribution in [0.2, 0.25) is 0 Å². The molecule has 1 aliphatic heterocycles. The van der Waals surface area contributed by atoms with E-state index >= 15 is 0 Å². The molecule has 0 saturated carbocycles. The van der Waals surface area contributed by atoms with Crippen LogP contribution in [0.3, 0.4) is 0 Å². The minimum atomic E-state index is -2.97. The lowest BCUT2D eigenvalue weighted by Crippen LogP contribution is -2.43. The summed E-state index contributed by atoms with van der Waals surface area (Å²) in [4.78, 5) is 12.1. The lowest BCUT2D eigenvalue weighted by molar-refractivity contribution is -0.122. The summed E-state index contributed by atoms with van der Waals surface area (Å²) in [6, 6.07) is 5.23. The monoisotopic (exact) mass is 310 g/mol. The second-order valence-corrected chi connectivity index (χ2v) is 7.95. The number of sulfone groups is 1. The first-order chi connectivity index (χ1) is 9.78. The molecule has 2 unspecified atom stereocenters. The Morgan fingerprint density at radius 3 is 2.67 bits per heavy atom. The molecule has 0 radical (unpaired) electrons. The van der Waals surface area contributed by atoms with E-state index in [0.29, 0.717) is 6.42 Å². The van der Waals surface area contributed by atoms with Crippen LogP contribution >= 0.6 is 0 Å². The van der Waals surface area contributed by atoms with E-state index in [1.807, 2.05) is 32.0 Å². The quantitative estimate of drug-likeness (QED) is 0.881. The van der Waals surface area contributed by atoms with E-state index in [4.69, 9.17) is 0 Å². The summed E-state index contributed by atoms with van der Waals surface area (Å²) >= 11 is 0. The molecule has 0 spiro atoms. The third-order valence-corrected chi connectivity index (χ3v) is 5.72. The Labute approximate surface area is 126 Å². The minimum Gasteiger partial charge on any atom is -0.374 e. The van der Waals surface area contributed by atoms with E-state index in [9.17, 15) is 13.2 Å². The molecule has 2 atom stereocenters. The van der Waals surface area contributed by atoms with Crippen molar-refractivity contribution in [3.05, 3.63) is 29.3 Å². The van der Waals surface area contributed by atoms with Gasteiger partial charge in [-0.2, -0.15) is 0 Å². The SMILES string of the molecule is Cc1cccc(NC(C)C(=O)NC2CCS(=O)(=O)C2)c1C. The molecule has 21 heavy (non-hydrogen) atoms. The Kier molecular flexibility index (Phi) is 4.56. The first-order valence-electron chi connectivity index (χ1n) is 7.12. The van der Waals surface area contributed by atoms with Gasteiger partial charge < -0.3 is 10.6 Å². The van der Waals surface area contributed by atoms with Gasteiger partial charge in [0.25, 0.3) is 0 Å². The molecule has 1 amide bonds. The number of benzene rings is 1. The number of anilines is 1. The van der Waals surface area contributed by atoms with Crippen molar-refractivity contribution in [1.29, 1.82) is 0 Å². The smallest absolute Gasteiger partial charge is 0.242 e. The largest absolute Gasteiger partial charge is 0.374 e. The number of aryl methyl sites for hydroxylation is 1. The van der Waals surface area contributed by atoms with Crippen LogP contribution in [0.4, 0.5) is 5.69 Å². The summed E-state index contributed by atoms with van der Waals surface area (Å²) in [5, 5.41) is 5.99. The van der Waals surface area contributed by atoms with Crippen LogP contribution in [-0.4, -0.2) is 37.9 Å². The molecule has 5 nitrogen and oxygen atoms in total. The Bertz CT molecular complexity index is 640. The van der Waals surface area contributed by atoms with Gasteiger partial charge >= 0.3 is 0 Å². The van der Waals surface area contributed by atoms with E-state index in [-0.39, 0.29) is 23.5 Å². The van der Waals surface area contributed by atoms with Gasteiger partial charge in [0, 0.05) is 11.7 Å². The normalized spacial score (nSPS) is 21.8. The molecular weight excluding hydrogens is 288 g/mol. The molecule has 0 bridgehead atoms. The highest BCUT2D eigenvalue weighted by molar-refractivity contribution is 7.91. The van der Waals surface area contributed by atoms with Gasteiger partial charge in [-0.05, 0) is 44.4 Å². The van der Waals surface area contributed by atoms with Crippen molar-refractivity contribution >= 4 is 21.4 Å². The number of rotatable bonds is 4. The van der Waals surface area contributed by atoms with E-state index in [2.05, 4.69) is 10.6 Å². The van der Waals surface area contributed by atoms with Crippen LogP contribution in [0.25, 0.3) is 0 Å². The molecule has 1 aromatic rings. The standard InChI is InChI=1S/C15H22N2O3S/c1-10-5-4-6-14(11(10)2)16-12(3)15(18)17-13-7-8-21(19,20)9-13/h4-6,12-13,16H,7-9H2,1-3H3,(H,17,18). The molecule has 1 aromatic carbocycles. The molecule has 0 aromatic heterocycles. The van der Waals surface area contributed by atoms with E-state index < -0.39 is 15.9 Å². The van der Waals surface area contributed by atoms with Crippen molar-refractivity contribution in [2.75, 3.05) is 16.8 Å². The number of carbonyl (C=O) groups excluding carboxylic acids is 1. The van der Waals surface area contributed by atoms with E-state index in [1.54, 1.807) is 6.92 Å². The molecule has 1 aliphatic rings. The van der Waals surface area contributed by atoms with Gasteiger partial charge in [0.05, 0.1) is 11.5 Å². The van der Waals surface area contributed by atoms with Crippen molar-refractivity contribution in [2.24, 2.45) is 0 Å². The van der Waals surface area contributed by atoms with Gasteiger partial charge in [-0.1, -0.05) is 12.1 Å². The molecule has 2 rings (SSSR count). The topological polar surface area (TPSA) is 75.3 Å². The Hall–Kier alpha value is -1.56. The number of carbonyl (C=O) groups is 1. The first kappa shape index (κ1) is 15.8. The van der Waals surface area contributed by atoms with E-state index in [0.717, 1.165) is 16.8 Å². The highest BCUT2D eigenvalue weighted by atomic mass is 32.2. The average molecular weight is 310 g/mol. The second-order valence-electron chi connectivity index (χ2n) is 5.72. The summed E-state index contributed by atoms with van der Waals surface area (Å²) in [5.74, 6) is 0.0455. The van der Waals surface area contributed by atoms with Crippen molar-refractivity contribution in [2.45, 2.75) is 39.3 Å². The van der Waals surface area contributed by atoms with Crippen LogP contribution in [-0.2, 0) is 14.6 Å². The van der Waals surface area contributed by atoms with Gasteiger partial charge in [0.1, 0.15) is 6.04 Å². The summed E-state index contributed by atoms with van der Waals surface area (Å²) in [6.45, 7) is 5.81. The molecular formula is C15H22N2O3S. The number of nitrogens with one attached hydrogen (secondary N) is 2. The lowest BCUT2D eigenvalue weighted by Gasteiger charge is -2.19. The van der Waals surface area contributed by atoms with Gasteiger partial charge in [-0.3, -0.25) is 4.79 Å². The van der Waals surface area contributed by atoms with Gasteiger partial charge in [0.15, 0.2) is 9.84 Å². The molecule has 1 heterocycles. The fourth-order valence-corrected chi connectivity index (χ4v) is 4.11. The predicted octanol–water partition coefficient (Wildman–Crippen LogP) is 1.41. The summed E-state index contributed by atoms with van der Waals surface area (Å²) in [7, 11) is -2.97. The fraction of sp³-hybridized carbons (Fsp3) is 0.533. The molecule has 1 fully saturated rings. The third-order valence-electron chi connectivity index (χ3n) is 3.95. The zero-order chi connectivity index (χ0) is 15.6. The summed E-state index contributed by atoms with van der Waals surface area (Å²) in [5.41, 5.74) is 3.20. The van der Waals surface area contributed by atoms with Gasteiger partial charge in [0.2, 0.25) is 5.91 Å². The molecule has 1 saturated heterocycles. The predicted molar refractivity (Wildman–Crippen MR) is 84.2 cm³/mol. The number of hydrogen-bond donors (Lipinski definition) is 2. The van der Waals surface area contributed by atoms with Gasteiger partial charge in [-0.15, -0.1) is 0 Å².